The Bertz CT molecular complexity index is 845. The van der Waals surface area contributed by atoms with Crippen LogP contribution in [0.25, 0.3) is 0 Å². The number of carbonyl (C=O) groups excluding carboxylic acids is 3. The molecule has 0 bridgehead atoms. The number of ether oxygens (including phenoxy) is 2. The van der Waals surface area contributed by atoms with Crippen molar-refractivity contribution >= 4 is 29.2 Å². The van der Waals surface area contributed by atoms with Gasteiger partial charge in [0.15, 0.2) is 5.57 Å². The van der Waals surface area contributed by atoms with E-state index in [-0.39, 0.29) is 16.9 Å². The van der Waals surface area contributed by atoms with E-state index in [1.165, 1.54) is 25.6 Å². The summed E-state index contributed by atoms with van der Waals surface area (Å²) in [5.41, 5.74) is 2.65. The van der Waals surface area contributed by atoms with Gasteiger partial charge >= 0.3 is 11.9 Å². The number of esters is 2. The Balaban J connectivity index is 1.59. The fourth-order valence-corrected chi connectivity index (χ4v) is 3.56. The van der Waals surface area contributed by atoms with Gasteiger partial charge < -0.3 is 19.7 Å². The van der Waals surface area contributed by atoms with Crippen LogP contribution >= 0.6 is 0 Å². The van der Waals surface area contributed by atoms with Crippen molar-refractivity contribution in [3.05, 3.63) is 35.5 Å². The molecule has 0 atom stereocenters. The second-order valence-electron chi connectivity index (χ2n) is 7.50. The van der Waals surface area contributed by atoms with Crippen LogP contribution in [-0.4, -0.2) is 30.2 Å². The summed E-state index contributed by atoms with van der Waals surface area (Å²) in [6.45, 7) is 5.27. The van der Waals surface area contributed by atoms with Gasteiger partial charge in [-0.15, -0.1) is 0 Å². The third-order valence-corrected chi connectivity index (χ3v) is 5.05. The largest absolute Gasteiger partial charge is 0.419 e. The van der Waals surface area contributed by atoms with E-state index in [2.05, 4.69) is 5.32 Å². The van der Waals surface area contributed by atoms with Crippen molar-refractivity contribution in [2.75, 3.05) is 16.8 Å². The lowest BCUT2D eigenvalue weighted by Crippen LogP contribution is -2.42. The number of fused-ring (bicyclic) bond motifs is 2. The molecule has 2 heterocycles. The highest BCUT2D eigenvalue weighted by Crippen LogP contribution is 2.56. The van der Waals surface area contributed by atoms with Crippen molar-refractivity contribution in [2.24, 2.45) is 0 Å². The molecule has 0 aromatic heterocycles. The van der Waals surface area contributed by atoms with Crippen LogP contribution in [-0.2, 0) is 29.3 Å². The Hall–Kier alpha value is -2.83. The van der Waals surface area contributed by atoms with E-state index in [9.17, 15) is 14.4 Å². The lowest BCUT2D eigenvalue weighted by molar-refractivity contribution is -0.222. The fraction of sp³-hybridized carbons (Fsp3) is 0.421. The zero-order chi connectivity index (χ0) is 18.7. The third-order valence-electron chi connectivity index (χ3n) is 5.05. The summed E-state index contributed by atoms with van der Waals surface area (Å²) in [6.07, 6.45) is 3.46. The van der Waals surface area contributed by atoms with Crippen molar-refractivity contribution in [3.63, 3.8) is 0 Å². The van der Waals surface area contributed by atoms with Gasteiger partial charge in [0.2, 0.25) is 5.91 Å². The molecule has 0 radical (unpaired) electrons. The average molecular weight is 356 g/mol. The molecule has 1 aliphatic carbocycles. The number of amides is 1. The van der Waals surface area contributed by atoms with E-state index in [1.807, 2.05) is 18.2 Å². The zero-order valence-electron chi connectivity index (χ0n) is 14.9. The number of nitrogens with zero attached hydrogens (tertiary/aromatic N) is 1. The zero-order valence-corrected chi connectivity index (χ0v) is 14.9. The molecule has 2 aliphatic heterocycles. The predicted molar refractivity (Wildman–Crippen MR) is 93.3 cm³/mol. The quantitative estimate of drug-likeness (QED) is 0.497. The Morgan fingerprint density at radius 3 is 2.42 bits per heavy atom. The minimum atomic E-state index is -1.26. The highest BCUT2D eigenvalue weighted by Gasteiger charge is 2.52. The van der Waals surface area contributed by atoms with Gasteiger partial charge in [0.05, 0.1) is 0 Å². The number of cyclic esters (lactones) is 2. The van der Waals surface area contributed by atoms with E-state index in [0.717, 1.165) is 25.1 Å². The lowest BCUT2D eigenvalue weighted by atomic mass is 9.98. The fourth-order valence-electron chi connectivity index (χ4n) is 3.56. The Morgan fingerprint density at radius 1 is 1.19 bits per heavy atom. The molecule has 3 aliphatic rings. The summed E-state index contributed by atoms with van der Waals surface area (Å²) >= 11 is 0. The Morgan fingerprint density at radius 2 is 1.85 bits per heavy atom. The van der Waals surface area contributed by atoms with Gasteiger partial charge in [0, 0.05) is 50.3 Å². The highest BCUT2D eigenvalue weighted by molar-refractivity contribution is 6.15. The maximum absolute atomic E-state index is 12.0. The maximum Gasteiger partial charge on any atom is 0.350 e. The first kappa shape index (κ1) is 16.6. The van der Waals surface area contributed by atoms with Crippen LogP contribution in [0.1, 0.15) is 39.2 Å². The SMILES string of the molecule is CC(=O)N1CC2(CC2)c2ccc(NC=C3C(=O)OC(C)(C)OC3=O)cc21. The number of anilines is 2. The first-order valence-corrected chi connectivity index (χ1v) is 8.57. The smallest absolute Gasteiger partial charge is 0.350 e. The van der Waals surface area contributed by atoms with Crippen LogP contribution in [0.5, 0.6) is 0 Å². The molecule has 4 rings (SSSR count). The first-order valence-electron chi connectivity index (χ1n) is 8.57. The summed E-state index contributed by atoms with van der Waals surface area (Å²) in [6, 6.07) is 5.75. The van der Waals surface area contributed by atoms with Crippen LogP contribution in [0.15, 0.2) is 30.0 Å². The van der Waals surface area contributed by atoms with Crippen LogP contribution < -0.4 is 10.2 Å². The first-order chi connectivity index (χ1) is 12.2. The molecule has 1 saturated carbocycles. The molecule has 0 unspecified atom stereocenters. The molecule has 1 N–H and O–H groups in total. The highest BCUT2D eigenvalue weighted by atomic mass is 16.7. The summed E-state index contributed by atoms with van der Waals surface area (Å²) in [4.78, 5) is 37.7. The van der Waals surface area contributed by atoms with Gasteiger partial charge in [0.1, 0.15) is 0 Å². The van der Waals surface area contributed by atoms with E-state index in [0.29, 0.717) is 5.69 Å². The monoisotopic (exact) mass is 356 g/mol. The van der Waals surface area contributed by atoms with Gasteiger partial charge in [-0.05, 0) is 30.5 Å². The van der Waals surface area contributed by atoms with Gasteiger partial charge in [-0.3, -0.25) is 4.79 Å². The molecular formula is C19H20N2O5. The van der Waals surface area contributed by atoms with E-state index >= 15 is 0 Å². The standard InChI is InChI=1S/C19H20N2O5/c1-11(22)21-10-19(6-7-19)14-5-4-12(8-15(14)21)20-9-13-16(23)25-18(2,3)26-17(13)24/h4-5,8-9,20H,6-7,10H2,1-3H3. The second kappa shape index (κ2) is 5.33. The molecule has 7 heteroatoms. The molecule has 1 saturated heterocycles. The Kier molecular flexibility index (Phi) is 3.41. The van der Waals surface area contributed by atoms with Crippen molar-refractivity contribution in [3.8, 4) is 0 Å². The van der Waals surface area contributed by atoms with Gasteiger partial charge in [-0.25, -0.2) is 9.59 Å². The number of rotatable bonds is 2. The summed E-state index contributed by atoms with van der Waals surface area (Å²) in [5.74, 6) is -2.73. The molecule has 26 heavy (non-hydrogen) atoms. The molecule has 1 spiro atoms. The molecule has 1 amide bonds. The van der Waals surface area contributed by atoms with Gasteiger partial charge in [-0.1, -0.05) is 6.07 Å². The maximum atomic E-state index is 12.0. The van der Waals surface area contributed by atoms with Crippen LogP contribution in [0, 0.1) is 0 Å². The van der Waals surface area contributed by atoms with Gasteiger partial charge in [0.25, 0.3) is 5.79 Å². The number of nitrogens with one attached hydrogen (secondary N) is 1. The number of hydrogen-bond acceptors (Lipinski definition) is 6. The summed E-state index contributed by atoms with van der Waals surface area (Å²) in [7, 11) is 0. The normalized spacial score (nSPS) is 21.8. The topological polar surface area (TPSA) is 84.9 Å². The van der Waals surface area contributed by atoms with Crippen molar-refractivity contribution in [1.29, 1.82) is 0 Å². The summed E-state index contributed by atoms with van der Waals surface area (Å²) in [5, 5.41) is 2.94. The van der Waals surface area contributed by atoms with Gasteiger partial charge in [-0.2, -0.15) is 0 Å². The molecule has 7 nitrogen and oxygen atoms in total. The molecule has 1 aromatic carbocycles. The van der Waals surface area contributed by atoms with Crippen LogP contribution in [0.2, 0.25) is 0 Å². The summed E-state index contributed by atoms with van der Waals surface area (Å²) < 4.78 is 10.1. The molecule has 136 valence electrons. The molecule has 1 aromatic rings. The van der Waals surface area contributed by atoms with E-state index < -0.39 is 17.7 Å². The van der Waals surface area contributed by atoms with Crippen LogP contribution in [0.3, 0.4) is 0 Å². The van der Waals surface area contributed by atoms with Crippen molar-refractivity contribution in [1.82, 2.24) is 0 Å². The van der Waals surface area contributed by atoms with Crippen molar-refractivity contribution < 1.29 is 23.9 Å². The van der Waals surface area contributed by atoms with E-state index in [4.69, 9.17) is 9.47 Å². The average Bonchev–Trinajstić information content (AvgIpc) is 3.23. The van der Waals surface area contributed by atoms with E-state index in [1.54, 1.807) is 11.8 Å². The minimum Gasteiger partial charge on any atom is -0.419 e. The number of carbonyl (C=O) groups is 3. The molecular weight excluding hydrogens is 336 g/mol. The predicted octanol–water partition coefficient (Wildman–Crippen LogP) is 2.22. The second-order valence-corrected chi connectivity index (χ2v) is 7.50. The minimum absolute atomic E-state index is 0.00666. The number of benzene rings is 1. The Labute approximate surface area is 150 Å². The van der Waals surface area contributed by atoms with Crippen molar-refractivity contribution in [2.45, 2.75) is 44.8 Å². The number of hydrogen-bond donors (Lipinski definition) is 1. The molecule has 2 fully saturated rings. The lowest BCUT2D eigenvalue weighted by Gasteiger charge is -2.29. The van der Waals surface area contributed by atoms with Crippen LogP contribution in [0.4, 0.5) is 11.4 Å². The third kappa shape index (κ3) is 2.64.